The third-order valence-electron chi connectivity index (χ3n) is 5.01. The van der Waals surface area contributed by atoms with Gasteiger partial charge in [0.15, 0.2) is 5.76 Å². The number of hydrogen-bond donors (Lipinski definition) is 1. The molecule has 0 amide bonds. The molecule has 0 fully saturated rings. The van der Waals surface area contributed by atoms with Crippen LogP contribution >= 0.6 is 0 Å². The molecular weight excluding hydrogens is 412 g/mol. The van der Waals surface area contributed by atoms with Crippen LogP contribution in [0.2, 0.25) is 0 Å². The van der Waals surface area contributed by atoms with Crippen molar-refractivity contribution in [1.82, 2.24) is 5.16 Å². The number of rotatable bonds is 7. The summed E-state index contributed by atoms with van der Waals surface area (Å²) in [5, 5.41) is 25.5. The highest BCUT2D eigenvalue weighted by Crippen LogP contribution is 2.40. The molecule has 1 N–H and O–H groups in total. The van der Waals surface area contributed by atoms with E-state index < -0.39 is 4.92 Å². The Morgan fingerprint density at radius 1 is 1.03 bits per heavy atom. The number of nitrogens with zero attached hydrogens (tertiary/aromatic N) is 2. The molecule has 0 aliphatic rings. The fourth-order valence-electron chi connectivity index (χ4n) is 3.33. The van der Waals surface area contributed by atoms with E-state index in [9.17, 15) is 15.2 Å². The predicted molar refractivity (Wildman–Crippen MR) is 118 cm³/mol. The number of nitro groups is 1. The fraction of sp³-hybridized carbons (Fsp3) is 0.125. The van der Waals surface area contributed by atoms with Gasteiger partial charge in [-0.25, -0.2) is 0 Å². The van der Waals surface area contributed by atoms with Crippen molar-refractivity contribution in [2.24, 2.45) is 0 Å². The van der Waals surface area contributed by atoms with Crippen LogP contribution in [0.3, 0.4) is 0 Å². The van der Waals surface area contributed by atoms with Gasteiger partial charge in [-0.3, -0.25) is 10.1 Å². The largest absolute Gasteiger partial charge is 0.507 e. The molecular formula is C24H20N2O6. The van der Waals surface area contributed by atoms with Crippen molar-refractivity contribution in [3.05, 3.63) is 88.1 Å². The van der Waals surface area contributed by atoms with Gasteiger partial charge in [-0.1, -0.05) is 17.3 Å². The van der Waals surface area contributed by atoms with Gasteiger partial charge in [-0.05, 0) is 54.4 Å². The van der Waals surface area contributed by atoms with Crippen molar-refractivity contribution in [3.63, 3.8) is 0 Å². The summed E-state index contributed by atoms with van der Waals surface area (Å²) in [7, 11) is 1.61. The van der Waals surface area contributed by atoms with Gasteiger partial charge in [-0.15, -0.1) is 0 Å². The van der Waals surface area contributed by atoms with Crippen molar-refractivity contribution < 1.29 is 24.0 Å². The van der Waals surface area contributed by atoms with Gasteiger partial charge < -0.3 is 19.1 Å². The van der Waals surface area contributed by atoms with Gasteiger partial charge in [0.1, 0.15) is 23.9 Å². The maximum Gasteiger partial charge on any atom is 0.269 e. The summed E-state index contributed by atoms with van der Waals surface area (Å²) in [6.07, 6.45) is 0. The van der Waals surface area contributed by atoms with E-state index in [4.69, 9.17) is 14.0 Å². The number of aryl methyl sites for hydroxylation is 1. The molecule has 0 spiro atoms. The number of aromatic nitrogens is 1. The normalized spacial score (nSPS) is 10.7. The minimum atomic E-state index is -0.452. The van der Waals surface area contributed by atoms with E-state index in [0.717, 1.165) is 22.4 Å². The predicted octanol–water partition coefficient (Wildman–Crippen LogP) is 5.52. The van der Waals surface area contributed by atoms with Gasteiger partial charge in [0.25, 0.3) is 5.69 Å². The van der Waals surface area contributed by atoms with Gasteiger partial charge >= 0.3 is 0 Å². The second-order valence-electron chi connectivity index (χ2n) is 7.09. The topological polar surface area (TPSA) is 108 Å². The van der Waals surface area contributed by atoms with E-state index >= 15 is 0 Å². The molecule has 0 bridgehead atoms. The smallest absolute Gasteiger partial charge is 0.269 e. The van der Waals surface area contributed by atoms with E-state index in [1.807, 2.05) is 31.2 Å². The number of ether oxygens (including phenoxy) is 2. The molecule has 162 valence electrons. The summed E-state index contributed by atoms with van der Waals surface area (Å²) in [6.45, 7) is 2.04. The number of non-ortho nitro benzene ring substituents is 1. The Morgan fingerprint density at radius 2 is 1.72 bits per heavy atom. The minimum Gasteiger partial charge on any atom is -0.507 e. The van der Waals surface area contributed by atoms with Crippen LogP contribution in [0.4, 0.5) is 5.69 Å². The van der Waals surface area contributed by atoms with E-state index in [1.54, 1.807) is 31.4 Å². The van der Waals surface area contributed by atoms with E-state index in [0.29, 0.717) is 22.8 Å². The molecule has 0 aliphatic carbocycles. The summed E-state index contributed by atoms with van der Waals surface area (Å²) in [5.41, 5.74) is 3.64. The summed E-state index contributed by atoms with van der Waals surface area (Å²) < 4.78 is 16.5. The number of methoxy groups -OCH3 is 1. The van der Waals surface area contributed by atoms with Crippen molar-refractivity contribution in [2.45, 2.75) is 13.5 Å². The van der Waals surface area contributed by atoms with Crippen molar-refractivity contribution in [3.8, 4) is 39.7 Å². The Morgan fingerprint density at radius 3 is 2.34 bits per heavy atom. The minimum absolute atomic E-state index is 0.0166. The summed E-state index contributed by atoms with van der Waals surface area (Å²) in [5.74, 6) is 1.62. The van der Waals surface area contributed by atoms with Crippen LogP contribution in [0, 0.1) is 17.0 Å². The van der Waals surface area contributed by atoms with Crippen LogP contribution in [0.1, 0.15) is 11.3 Å². The number of benzene rings is 3. The lowest BCUT2D eigenvalue weighted by Crippen LogP contribution is -1.96. The molecule has 4 aromatic rings. The van der Waals surface area contributed by atoms with Gasteiger partial charge in [0, 0.05) is 18.2 Å². The third kappa shape index (κ3) is 4.24. The van der Waals surface area contributed by atoms with Crippen LogP contribution in [-0.4, -0.2) is 22.3 Å². The molecule has 0 aliphatic heterocycles. The van der Waals surface area contributed by atoms with Crippen LogP contribution in [0.25, 0.3) is 22.5 Å². The van der Waals surface area contributed by atoms with Crippen LogP contribution in [0.15, 0.2) is 71.3 Å². The first-order chi connectivity index (χ1) is 15.5. The molecule has 0 saturated carbocycles. The highest BCUT2D eigenvalue weighted by Gasteiger charge is 2.20. The second-order valence-corrected chi connectivity index (χ2v) is 7.09. The van der Waals surface area contributed by atoms with Gasteiger partial charge in [-0.2, -0.15) is 0 Å². The zero-order chi connectivity index (χ0) is 22.7. The van der Waals surface area contributed by atoms with Crippen molar-refractivity contribution in [2.75, 3.05) is 7.11 Å². The zero-order valence-electron chi connectivity index (χ0n) is 17.4. The van der Waals surface area contributed by atoms with E-state index in [-0.39, 0.29) is 18.0 Å². The fourth-order valence-corrected chi connectivity index (χ4v) is 3.33. The summed E-state index contributed by atoms with van der Waals surface area (Å²) in [4.78, 5) is 10.3. The maximum atomic E-state index is 10.8. The van der Waals surface area contributed by atoms with Crippen molar-refractivity contribution in [1.29, 1.82) is 0 Å². The average molecular weight is 432 g/mol. The molecule has 0 radical (unpaired) electrons. The van der Waals surface area contributed by atoms with Gasteiger partial charge in [0.05, 0.1) is 28.9 Å². The third-order valence-corrected chi connectivity index (χ3v) is 5.01. The summed E-state index contributed by atoms with van der Waals surface area (Å²) >= 11 is 0. The number of hydrogen-bond acceptors (Lipinski definition) is 7. The first-order valence-electron chi connectivity index (χ1n) is 9.76. The second kappa shape index (κ2) is 8.81. The number of nitro benzene ring substituents is 1. The lowest BCUT2D eigenvalue weighted by molar-refractivity contribution is -0.384. The molecule has 1 aromatic heterocycles. The van der Waals surface area contributed by atoms with Crippen LogP contribution < -0.4 is 9.47 Å². The summed E-state index contributed by atoms with van der Waals surface area (Å²) in [6, 6.07) is 18.5. The van der Waals surface area contributed by atoms with Gasteiger partial charge in [0.2, 0.25) is 0 Å². The highest BCUT2D eigenvalue weighted by molar-refractivity contribution is 5.84. The molecule has 8 nitrogen and oxygen atoms in total. The molecule has 1 heterocycles. The molecule has 3 aromatic carbocycles. The van der Waals surface area contributed by atoms with Crippen LogP contribution in [-0.2, 0) is 6.61 Å². The highest BCUT2D eigenvalue weighted by atomic mass is 16.6. The lowest BCUT2D eigenvalue weighted by Gasteiger charge is -2.10. The quantitative estimate of drug-likeness (QED) is 0.303. The van der Waals surface area contributed by atoms with E-state index in [1.165, 1.54) is 18.2 Å². The Kier molecular flexibility index (Phi) is 5.76. The molecule has 8 heteroatoms. The first kappa shape index (κ1) is 20.9. The Hall–Kier alpha value is -4.33. The van der Waals surface area contributed by atoms with Crippen molar-refractivity contribution >= 4 is 5.69 Å². The molecule has 0 saturated heterocycles. The Balaban J connectivity index is 1.55. The molecule has 32 heavy (non-hydrogen) atoms. The average Bonchev–Trinajstić information content (AvgIpc) is 3.19. The SMILES string of the molecule is COc1ccc(-c2c(C)noc2-c2ccc(OCc3ccc([N+](=O)[O-])cc3)cc2O)cc1. The Bertz CT molecular complexity index is 1250. The molecule has 0 atom stereocenters. The number of phenolic OH excluding ortho intramolecular Hbond substituents is 1. The molecule has 0 unspecified atom stereocenters. The Labute approximate surface area is 183 Å². The number of phenols is 1. The van der Waals surface area contributed by atoms with Crippen LogP contribution in [0.5, 0.6) is 17.2 Å². The number of aromatic hydroxyl groups is 1. The standard InChI is InChI=1S/C24H20N2O6/c1-15-23(17-5-9-19(30-2)10-6-17)24(32-25-15)21-12-11-20(13-22(21)27)31-14-16-3-7-18(8-4-16)26(28)29/h3-13,27H,14H2,1-2H3. The first-order valence-corrected chi connectivity index (χ1v) is 9.76. The molecule has 4 rings (SSSR count). The maximum absolute atomic E-state index is 10.8. The zero-order valence-corrected chi connectivity index (χ0v) is 17.4. The van der Waals surface area contributed by atoms with E-state index in [2.05, 4.69) is 5.16 Å². The lowest BCUT2D eigenvalue weighted by atomic mass is 9.99. The monoisotopic (exact) mass is 432 g/mol.